The number of carbonyl (C=O) groups excluding carboxylic acids is 2. The highest BCUT2D eigenvalue weighted by Crippen LogP contribution is 2.52. The van der Waals surface area contributed by atoms with Crippen molar-refractivity contribution < 1.29 is 9.59 Å². The first kappa shape index (κ1) is 20.0. The number of hydrogen-bond acceptors (Lipinski definition) is 3. The van der Waals surface area contributed by atoms with Crippen molar-refractivity contribution in [3.05, 3.63) is 109 Å². The smallest absolute Gasteiger partial charge is 0.238 e. The first-order valence-electron chi connectivity index (χ1n) is 11.7. The van der Waals surface area contributed by atoms with Gasteiger partial charge in [0.25, 0.3) is 0 Å². The van der Waals surface area contributed by atoms with Gasteiger partial charge in [-0.1, -0.05) is 78.9 Å². The van der Waals surface area contributed by atoms with Gasteiger partial charge in [-0.2, -0.15) is 0 Å². The Morgan fingerprint density at radius 2 is 1.30 bits per heavy atom. The van der Waals surface area contributed by atoms with Crippen LogP contribution < -0.4 is 9.80 Å². The second kappa shape index (κ2) is 8.04. The molecule has 0 spiro atoms. The van der Waals surface area contributed by atoms with Gasteiger partial charge in [0.05, 0.1) is 23.6 Å². The van der Waals surface area contributed by atoms with Crippen molar-refractivity contribution in [2.45, 2.75) is 12.5 Å². The van der Waals surface area contributed by atoms with Crippen molar-refractivity contribution in [1.82, 2.24) is 0 Å². The van der Waals surface area contributed by atoms with E-state index >= 15 is 0 Å². The first-order valence-corrected chi connectivity index (χ1v) is 11.7. The molecule has 4 nitrogen and oxygen atoms in total. The third kappa shape index (κ3) is 3.20. The van der Waals surface area contributed by atoms with E-state index in [0.29, 0.717) is 12.1 Å². The summed E-state index contributed by atoms with van der Waals surface area (Å²) in [5.74, 6) is -0.355. The van der Waals surface area contributed by atoms with Crippen LogP contribution in [0.4, 0.5) is 11.4 Å². The van der Waals surface area contributed by atoms with Gasteiger partial charge in [0.1, 0.15) is 0 Å². The van der Waals surface area contributed by atoms with Crippen molar-refractivity contribution in [2.75, 3.05) is 16.3 Å². The summed E-state index contributed by atoms with van der Waals surface area (Å²) in [5, 5.41) is 0. The molecule has 4 heteroatoms. The van der Waals surface area contributed by atoms with Crippen LogP contribution in [-0.2, 0) is 9.59 Å². The summed E-state index contributed by atoms with van der Waals surface area (Å²) in [5.41, 5.74) is 3.13. The molecule has 3 aliphatic rings. The zero-order chi connectivity index (χ0) is 22.4. The van der Waals surface area contributed by atoms with Gasteiger partial charge in [0, 0.05) is 18.2 Å². The quantitative estimate of drug-likeness (QED) is 0.416. The van der Waals surface area contributed by atoms with Gasteiger partial charge in [-0.25, -0.2) is 0 Å². The second-order valence-corrected chi connectivity index (χ2v) is 9.23. The predicted octanol–water partition coefficient (Wildman–Crippen LogP) is 5.25. The molecule has 5 atom stereocenters. The Bertz CT molecular complexity index is 1190. The normalized spacial score (nSPS) is 28.5. The van der Waals surface area contributed by atoms with Crippen LogP contribution in [0, 0.1) is 23.7 Å². The molecule has 3 aromatic rings. The van der Waals surface area contributed by atoms with Crippen LogP contribution >= 0.6 is 0 Å². The molecule has 1 aliphatic carbocycles. The Balaban J connectivity index is 1.35. The average molecular weight is 435 g/mol. The van der Waals surface area contributed by atoms with E-state index in [1.165, 1.54) is 16.2 Å². The van der Waals surface area contributed by atoms with Crippen LogP contribution in [0.1, 0.15) is 18.0 Å². The Labute approximate surface area is 194 Å². The Hall–Kier alpha value is -3.66. The molecular weight excluding hydrogens is 408 g/mol. The lowest BCUT2D eigenvalue weighted by Gasteiger charge is -2.54. The summed E-state index contributed by atoms with van der Waals surface area (Å²) >= 11 is 0. The van der Waals surface area contributed by atoms with Gasteiger partial charge in [0.15, 0.2) is 0 Å². The van der Waals surface area contributed by atoms with Gasteiger partial charge in [-0.05, 0) is 42.2 Å². The number of carbonyl (C=O) groups is 2. The van der Waals surface area contributed by atoms with Gasteiger partial charge in [-0.3, -0.25) is 14.5 Å². The molecule has 0 bridgehead atoms. The van der Waals surface area contributed by atoms with Gasteiger partial charge >= 0.3 is 0 Å². The largest absolute Gasteiger partial charge is 0.364 e. The van der Waals surface area contributed by atoms with Crippen LogP contribution in [-0.4, -0.2) is 18.4 Å². The summed E-state index contributed by atoms with van der Waals surface area (Å²) in [7, 11) is 0. The summed E-state index contributed by atoms with van der Waals surface area (Å²) in [6, 6.07) is 30.5. The molecule has 3 aromatic carbocycles. The monoisotopic (exact) mass is 434 g/mol. The van der Waals surface area contributed by atoms with Crippen molar-refractivity contribution >= 4 is 23.2 Å². The van der Waals surface area contributed by atoms with E-state index in [2.05, 4.69) is 65.6 Å². The zero-order valence-electron chi connectivity index (χ0n) is 18.3. The third-order valence-corrected chi connectivity index (χ3v) is 7.53. The molecule has 2 fully saturated rings. The standard InChI is InChI=1S/C29H26N2O2/c32-28-24-18-10-17-23(26(24)29(33)31(28)22-15-8-3-9-16-22)25-19-30(21-13-6-2-7-14-21)27(25)20-11-4-1-5-12-20/h1-17,23-27H,18-19H2/t23-,24-,25+,26+,27+/m1/s1. The van der Waals surface area contributed by atoms with Crippen molar-refractivity contribution in [3.8, 4) is 0 Å². The van der Waals surface area contributed by atoms with Crippen molar-refractivity contribution in [2.24, 2.45) is 23.7 Å². The van der Waals surface area contributed by atoms with E-state index in [-0.39, 0.29) is 41.5 Å². The minimum atomic E-state index is -0.295. The van der Waals surface area contributed by atoms with E-state index in [1.807, 2.05) is 42.5 Å². The summed E-state index contributed by atoms with van der Waals surface area (Å²) < 4.78 is 0. The highest BCUT2D eigenvalue weighted by atomic mass is 16.2. The van der Waals surface area contributed by atoms with E-state index in [1.54, 1.807) is 0 Å². The zero-order valence-corrected chi connectivity index (χ0v) is 18.3. The van der Waals surface area contributed by atoms with Crippen LogP contribution in [0.25, 0.3) is 0 Å². The molecule has 2 aliphatic heterocycles. The summed E-state index contributed by atoms with van der Waals surface area (Å²) in [4.78, 5) is 30.8. The number of nitrogens with zero attached hydrogens (tertiary/aromatic N) is 2. The van der Waals surface area contributed by atoms with E-state index in [9.17, 15) is 9.59 Å². The van der Waals surface area contributed by atoms with Crippen LogP contribution in [0.5, 0.6) is 0 Å². The van der Waals surface area contributed by atoms with Crippen molar-refractivity contribution in [1.29, 1.82) is 0 Å². The average Bonchev–Trinajstić information content (AvgIpc) is 3.11. The maximum atomic E-state index is 13.7. The molecule has 164 valence electrons. The number of amides is 2. The number of benzene rings is 3. The molecule has 2 heterocycles. The number of rotatable bonds is 4. The Kier molecular flexibility index (Phi) is 4.87. The SMILES string of the molecule is O=C1[C@H]2[C@@H]([C@@H]3CN(c4ccccc4)[C@H]3c3ccccc3)C=CC[C@H]2C(=O)N1c1ccccc1. The third-order valence-electron chi connectivity index (χ3n) is 7.53. The first-order chi connectivity index (χ1) is 16.2. The van der Waals surface area contributed by atoms with E-state index in [4.69, 9.17) is 0 Å². The molecule has 0 radical (unpaired) electrons. The summed E-state index contributed by atoms with van der Waals surface area (Å²) in [6.07, 6.45) is 4.97. The van der Waals surface area contributed by atoms with Gasteiger partial charge in [-0.15, -0.1) is 0 Å². The second-order valence-electron chi connectivity index (χ2n) is 9.23. The minimum absolute atomic E-state index is 0.0408. The van der Waals surface area contributed by atoms with Crippen molar-refractivity contribution in [3.63, 3.8) is 0 Å². The highest BCUT2D eigenvalue weighted by molar-refractivity contribution is 6.22. The van der Waals surface area contributed by atoms with Crippen LogP contribution in [0.3, 0.4) is 0 Å². The molecule has 2 amide bonds. The Morgan fingerprint density at radius 1 is 0.697 bits per heavy atom. The lowest BCUT2D eigenvalue weighted by molar-refractivity contribution is -0.123. The molecule has 0 saturated carbocycles. The number of fused-ring (bicyclic) bond motifs is 1. The molecule has 33 heavy (non-hydrogen) atoms. The maximum Gasteiger partial charge on any atom is 0.238 e. The number of para-hydroxylation sites is 2. The number of allylic oxidation sites excluding steroid dienone is 2. The number of hydrogen-bond donors (Lipinski definition) is 0. The van der Waals surface area contributed by atoms with E-state index < -0.39 is 0 Å². The lowest BCUT2D eigenvalue weighted by atomic mass is 9.65. The lowest BCUT2D eigenvalue weighted by Crippen LogP contribution is -2.55. The topological polar surface area (TPSA) is 40.6 Å². The number of anilines is 2. The molecule has 2 saturated heterocycles. The maximum absolute atomic E-state index is 13.7. The van der Waals surface area contributed by atoms with Crippen LogP contribution in [0.15, 0.2) is 103 Å². The molecule has 0 N–H and O–H groups in total. The molecule has 0 aromatic heterocycles. The summed E-state index contributed by atoms with van der Waals surface area (Å²) in [6.45, 7) is 0.870. The van der Waals surface area contributed by atoms with Gasteiger partial charge in [0.2, 0.25) is 11.8 Å². The fourth-order valence-electron chi connectivity index (χ4n) is 6.00. The number of imide groups is 1. The highest BCUT2D eigenvalue weighted by Gasteiger charge is 2.56. The minimum Gasteiger partial charge on any atom is -0.364 e. The Morgan fingerprint density at radius 3 is 1.97 bits per heavy atom. The fourth-order valence-corrected chi connectivity index (χ4v) is 6.00. The predicted molar refractivity (Wildman–Crippen MR) is 130 cm³/mol. The molecule has 0 unspecified atom stereocenters. The fraction of sp³-hybridized carbons (Fsp3) is 0.241. The molecule has 6 rings (SSSR count). The van der Waals surface area contributed by atoms with Gasteiger partial charge < -0.3 is 4.90 Å². The molecular formula is C29H26N2O2. The van der Waals surface area contributed by atoms with Crippen LogP contribution in [0.2, 0.25) is 0 Å². The van der Waals surface area contributed by atoms with E-state index in [0.717, 1.165) is 6.54 Å².